The van der Waals surface area contributed by atoms with Gasteiger partial charge >= 0.3 is 0 Å². The monoisotopic (exact) mass is 213 g/mol. The van der Waals surface area contributed by atoms with E-state index >= 15 is 0 Å². The van der Waals surface area contributed by atoms with Gasteiger partial charge in [0.15, 0.2) is 0 Å². The molecule has 0 amide bonds. The van der Waals surface area contributed by atoms with E-state index in [-0.39, 0.29) is 0 Å². The van der Waals surface area contributed by atoms with E-state index in [1.54, 1.807) is 19.2 Å². The summed E-state index contributed by atoms with van der Waals surface area (Å²) >= 11 is 5.82. The number of methoxy groups -OCH3 is 1. The maximum Gasteiger partial charge on any atom is 0.124 e. The zero-order valence-corrected chi connectivity index (χ0v) is 8.67. The van der Waals surface area contributed by atoms with Crippen LogP contribution in [0.15, 0.2) is 12.1 Å². The Morgan fingerprint density at radius 2 is 2.29 bits per heavy atom. The van der Waals surface area contributed by atoms with Gasteiger partial charge in [-0.1, -0.05) is 11.6 Å². The van der Waals surface area contributed by atoms with Gasteiger partial charge in [-0.15, -0.1) is 0 Å². The highest BCUT2D eigenvalue weighted by molar-refractivity contribution is 6.31. The van der Waals surface area contributed by atoms with Crippen molar-refractivity contribution in [2.24, 2.45) is 0 Å². The molecule has 0 heterocycles. The molecular weight excluding hydrogens is 202 g/mol. The quantitative estimate of drug-likeness (QED) is 0.613. The lowest BCUT2D eigenvalue weighted by Crippen LogP contribution is -2.02. The highest BCUT2D eigenvalue weighted by Crippen LogP contribution is 2.23. The molecule has 0 spiro atoms. The molecule has 76 valence electrons. The van der Waals surface area contributed by atoms with E-state index in [2.05, 4.69) is 0 Å². The van der Waals surface area contributed by atoms with Crippen LogP contribution in [-0.4, -0.2) is 13.4 Å². The van der Waals surface area contributed by atoms with E-state index in [0.717, 1.165) is 17.4 Å². The second kappa shape index (κ2) is 4.98. The molecule has 0 aliphatic rings. The zero-order valence-electron chi connectivity index (χ0n) is 7.92. The molecule has 1 aromatic carbocycles. The summed E-state index contributed by atoms with van der Waals surface area (Å²) in [5, 5.41) is 0.541. The van der Waals surface area contributed by atoms with Crippen LogP contribution in [0.4, 0.5) is 5.69 Å². The van der Waals surface area contributed by atoms with E-state index in [4.69, 9.17) is 22.1 Å². The summed E-state index contributed by atoms with van der Waals surface area (Å²) in [5.41, 5.74) is 7.99. The van der Waals surface area contributed by atoms with E-state index in [9.17, 15) is 4.79 Å². The van der Waals surface area contributed by atoms with Crippen molar-refractivity contribution in [3.63, 3.8) is 0 Å². The summed E-state index contributed by atoms with van der Waals surface area (Å²) in [6.45, 7) is 0.395. The van der Waals surface area contributed by atoms with Gasteiger partial charge in [0, 0.05) is 29.8 Å². The summed E-state index contributed by atoms with van der Waals surface area (Å²) < 4.78 is 5.00. The molecule has 14 heavy (non-hydrogen) atoms. The Labute approximate surface area is 87.8 Å². The predicted octanol–water partition coefficient (Wildman–Crippen LogP) is 1.81. The van der Waals surface area contributed by atoms with E-state index in [1.165, 1.54) is 0 Å². The van der Waals surface area contributed by atoms with Crippen LogP contribution < -0.4 is 5.73 Å². The number of aldehydes is 1. The van der Waals surface area contributed by atoms with Crippen LogP contribution in [0.1, 0.15) is 11.1 Å². The Balaban J connectivity index is 3.13. The van der Waals surface area contributed by atoms with Gasteiger partial charge in [0.1, 0.15) is 6.29 Å². The number of hydrogen-bond acceptors (Lipinski definition) is 3. The van der Waals surface area contributed by atoms with Gasteiger partial charge in [0.25, 0.3) is 0 Å². The average Bonchev–Trinajstić information content (AvgIpc) is 2.11. The van der Waals surface area contributed by atoms with Crippen molar-refractivity contribution in [3.8, 4) is 0 Å². The number of ether oxygens (including phenoxy) is 1. The number of hydrogen-bond donors (Lipinski definition) is 1. The molecule has 0 unspecified atom stereocenters. The lowest BCUT2D eigenvalue weighted by atomic mass is 10.0. The number of carbonyl (C=O) groups excluding carboxylic acids is 1. The topological polar surface area (TPSA) is 52.3 Å². The molecule has 2 N–H and O–H groups in total. The minimum atomic E-state index is 0.309. The molecule has 0 saturated heterocycles. The van der Waals surface area contributed by atoms with Crippen LogP contribution in [0.2, 0.25) is 5.02 Å². The minimum absolute atomic E-state index is 0.309. The average molecular weight is 214 g/mol. The molecule has 0 fully saturated rings. The normalized spacial score (nSPS) is 10.1. The van der Waals surface area contributed by atoms with Crippen molar-refractivity contribution < 1.29 is 9.53 Å². The molecule has 3 nitrogen and oxygen atoms in total. The largest absolute Gasteiger partial charge is 0.398 e. The number of benzene rings is 1. The third-order valence-electron chi connectivity index (χ3n) is 1.93. The third-order valence-corrected chi connectivity index (χ3v) is 2.15. The van der Waals surface area contributed by atoms with Gasteiger partial charge < -0.3 is 15.3 Å². The maximum atomic E-state index is 10.4. The molecule has 4 heteroatoms. The third kappa shape index (κ3) is 2.47. The zero-order chi connectivity index (χ0) is 10.6. The van der Waals surface area contributed by atoms with Crippen molar-refractivity contribution in [2.45, 2.75) is 13.0 Å². The van der Waals surface area contributed by atoms with Gasteiger partial charge in [-0.2, -0.15) is 0 Å². The summed E-state index contributed by atoms with van der Waals surface area (Å²) in [7, 11) is 1.58. The molecule has 0 atom stereocenters. The van der Waals surface area contributed by atoms with Crippen LogP contribution in [-0.2, 0) is 22.6 Å². The summed E-state index contributed by atoms with van der Waals surface area (Å²) in [4.78, 5) is 10.4. The fourth-order valence-electron chi connectivity index (χ4n) is 1.31. The first-order valence-electron chi connectivity index (χ1n) is 4.18. The molecule has 1 aromatic rings. The van der Waals surface area contributed by atoms with Crippen molar-refractivity contribution in [1.29, 1.82) is 0 Å². The molecule has 0 radical (unpaired) electrons. The molecule has 0 aliphatic heterocycles. The first kappa shape index (κ1) is 11.0. The number of anilines is 1. The van der Waals surface area contributed by atoms with Gasteiger partial charge in [-0.3, -0.25) is 0 Å². The van der Waals surface area contributed by atoms with Crippen LogP contribution in [0, 0.1) is 0 Å². The fourth-order valence-corrected chi connectivity index (χ4v) is 1.56. The first-order chi connectivity index (χ1) is 6.69. The Bertz CT molecular complexity index is 339. The summed E-state index contributed by atoms with van der Waals surface area (Å²) in [5.74, 6) is 0. The lowest BCUT2D eigenvalue weighted by Gasteiger charge is -2.10. The van der Waals surface area contributed by atoms with E-state index in [1.807, 2.05) is 0 Å². The van der Waals surface area contributed by atoms with Gasteiger partial charge in [0.05, 0.1) is 6.61 Å². The number of rotatable bonds is 4. The molecule has 0 bridgehead atoms. The standard InChI is InChI=1S/C10H12ClNO2/c1-14-6-9-7(2-3-13)4-8(11)5-10(9)12/h3-5H,2,6,12H2,1H3. The number of nitrogen functional groups attached to an aromatic ring is 1. The molecule has 1 rings (SSSR count). The Morgan fingerprint density at radius 1 is 1.57 bits per heavy atom. The summed E-state index contributed by atoms with van der Waals surface area (Å²) in [6.07, 6.45) is 1.13. The molecular formula is C10H12ClNO2. The summed E-state index contributed by atoms with van der Waals surface area (Å²) in [6, 6.07) is 3.39. The second-order valence-electron chi connectivity index (χ2n) is 2.94. The second-order valence-corrected chi connectivity index (χ2v) is 3.37. The smallest absolute Gasteiger partial charge is 0.124 e. The molecule has 0 aromatic heterocycles. The van der Waals surface area contributed by atoms with Gasteiger partial charge in [-0.25, -0.2) is 0 Å². The predicted molar refractivity (Wildman–Crippen MR) is 56.3 cm³/mol. The minimum Gasteiger partial charge on any atom is -0.398 e. The maximum absolute atomic E-state index is 10.4. The number of halogens is 1. The van der Waals surface area contributed by atoms with Crippen LogP contribution in [0.25, 0.3) is 0 Å². The number of nitrogens with two attached hydrogens (primary N) is 1. The molecule has 0 aliphatic carbocycles. The van der Waals surface area contributed by atoms with Crippen molar-refractivity contribution in [3.05, 3.63) is 28.3 Å². The van der Waals surface area contributed by atoms with Gasteiger partial charge in [0.2, 0.25) is 0 Å². The van der Waals surface area contributed by atoms with Crippen molar-refractivity contribution in [1.82, 2.24) is 0 Å². The first-order valence-corrected chi connectivity index (χ1v) is 4.56. The van der Waals surface area contributed by atoms with Crippen LogP contribution in [0.3, 0.4) is 0 Å². The highest BCUT2D eigenvalue weighted by Gasteiger charge is 2.07. The fraction of sp³-hybridized carbons (Fsp3) is 0.300. The van der Waals surface area contributed by atoms with Gasteiger partial charge in [-0.05, 0) is 17.7 Å². The van der Waals surface area contributed by atoms with E-state index < -0.39 is 0 Å². The Hall–Kier alpha value is -1.06. The van der Waals surface area contributed by atoms with Crippen molar-refractivity contribution >= 4 is 23.6 Å². The Morgan fingerprint density at radius 3 is 2.86 bits per heavy atom. The van der Waals surface area contributed by atoms with E-state index in [0.29, 0.717) is 23.7 Å². The number of carbonyl (C=O) groups is 1. The van der Waals surface area contributed by atoms with Crippen LogP contribution >= 0.6 is 11.6 Å². The SMILES string of the molecule is COCc1c(N)cc(Cl)cc1CC=O. The Kier molecular flexibility index (Phi) is 3.92. The van der Waals surface area contributed by atoms with Crippen LogP contribution in [0.5, 0.6) is 0 Å². The highest BCUT2D eigenvalue weighted by atomic mass is 35.5. The lowest BCUT2D eigenvalue weighted by molar-refractivity contribution is -0.107. The van der Waals surface area contributed by atoms with Crippen molar-refractivity contribution in [2.75, 3.05) is 12.8 Å². The molecule has 0 saturated carbocycles.